The van der Waals surface area contributed by atoms with E-state index in [-0.39, 0.29) is 17.0 Å². The average Bonchev–Trinajstić information content (AvgIpc) is 3.32. The number of benzene rings is 3. The van der Waals surface area contributed by atoms with Crippen LogP contribution in [-0.4, -0.2) is 16.8 Å². The van der Waals surface area contributed by atoms with Gasteiger partial charge in [-0.1, -0.05) is 41.9 Å². The molecular weight excluding hydrogens is 445 g/mol. The molecule has 164 valence electrons. The lowest BCUT2D eigenvalue weighted by Gasteiger charge is -2.27. The average molecular weight is 462 g/mol. The molecule has 1 aromatic heterocycles. The second-order valence-corrected chi connectivity index (χ2v) is 8.23. The number of amides is 1. The van der Waals surface area contributed by atoms with Crippen LogP contribution in [0.3, 0.4) is 0 Å². The van der Waals surface area contributed by atoms with E-state index in [1.165, 1.54) is 29.2 Å². The predicted octanol–water partition coefficient (Wildman–Crippen LogP) is 6.32. The molecule has 0 aliphatic carbocycles. The SMILES string of the molecule is Cc1ccccc1C1C(C(=O)c2cc3cc(Cl)ccc3o2)=C(O)C(=O)N1c1cccc(F)c1. The molecular formula is C26H17ClFNO4. The van der Waals surface area contributed by atoms with Crippen molar-refractivity contribution < 1.29 is 23.5 Å². The van der Waals surface area contributed by atoms with E-state index in [2.05, 4.69) is 0 Å². The van der Waals surface area contributed by atoms with Gasteiger partial charge in [-0.3, -0.25) is 14.5 Å². The number of fused-ring (bicyclic) bond motifs is 1. The maximum Gasteiger partial charge on any atom is 0.294 e. The summed E-state index contributed by atoms with van der Waals surface area (Å²) in [6, 6.07) is 18.2. The Balaban J connectivity index is 1.69. The molecule has 0 radical (unpaired) electrons. The maximum absolute atomic E-state index is 14.0. The molecule has 5 nitrogen and oxygen atoms in total. The van der Waals surface area contributed by atoms with Gasteiger partial charge in [-0.25, -0.2) is 4.39 Å². The first-order valence-corrected chi connectivity index (χ1v) is 10.5. The fourth-order valence-corrected chi connectivity index (χ4v) is 4.36. The van der Waals surface area contributed by atoms with Crippen LogP contribution >= 0.6 is 11.6 Å². The van der Waals surface area contributed by atoms with Crippen molar-refractivity contribution in [1.29, 1.82) is 0 Å². The van der Waals surface area contributed by atoms with Crippen molar-refractivity contribution in [2.45, 2.75) is 13.0 Å². The van der Waals surface area contributed by atoms with Gasteiger partial charge in [0, 0.05) is 16.1 Å². The molecule has 4 aromatic rings. The van der Waals surface area contributed by atoms with Crippen LogP contribution in [-0.2, 0) is 4.79 Å². The first kappa shape index (κ1) is 21.0. The van der Waals surface area contributed by atoms with E-state index < -0.39 is 29.3 Å². The molecule has 0 saturated heterocycles. The maximum atomic E-state index is 14.0. The highest BCUT2D eigenvalue weighted by Crippen LogP contribution is 2.43. The van der Waals surface area contributed by atoms with Crippen molar-refractivity contribution in [2.24, 2.45) is 0 Å². The van der Waals surface area contributed by atoms with E-state index in [9.17, 15) is 19.1 Å². The van der Waals surface area contributed by atoms with Crippen molar-refractivity contribution >= 4 is 39.9 Å². The van der Waals surface area contributed by atoms with E-state index in [0.717, 1.165) is 5.56 Å². The second kappa shape index (κ2) is 7.90. The van der Waals surface area contributed by atoms with E-state index in [0.29, 0.717) is 21.6 Å². The lowest BCUT2D eigenvalue weighted by molar-refractivity contribution is -0.117. The van der Waals surface area contributed by atoms with Gasteiger partial charge in [-0.15, -0.1) is 0 Å². The lowest BCUT2D eigenvalue weighted by Crippen LogP contribution is -2.31. The summed E-state index contributed by atoms with van der Waals surface area (Å²) in [7, 11) is 0. The molecule has 0 fully saturated rings. The van der Waals surface area contributed by atoms with Crippen LogP contribution in [0, 0.1) is 12.7 Å². The first-order valence-electron chi connectivity index (χ1n) is 10.2. The van der Waals surface area contributed by atoms with Gasteiger partial charge < -0.3 is 9.52 Å². The molecule has 0 bridgehead atoms. The molecule has 0 saturated carbocycles. The van der Waals surface area contributed by atoms with Gasteiger partial charge in [0.1, 0.15) is 11.4 Å². The largest absolute Gasteiger partial charge is 0.503 e. The summed E-state index contributed by atoms with van der Waals surface area (Å²) < 4.78 is 19.7. The molecule has 1 aliphatic heterocycles. The number of aliphatic hydroxyl groups excluding tert-OH is 1. The fraction of sp³-hybridized carbons (Fsp3) is 0.0769. The van der Waals surface area contributed by atoms with Gasteiger partial charge in [0.15, 0.2) is 11.5 Å². The topological polar surface area (TPSA) is 70.7 Å². The number of anilines is 1. The van der Waals surface area contributed by atoms with Crippen LogP contribution in [0.25, 0.3) is 11.0 Å². The summed E-state index contributed by atoms with van der Waals surface area (Å²) in [4.78, 5) is 28.0. The minimum absolute atomic E-state index is 0.0405. The Morgan fingerprint density at radius 3 is 2.61 bits per heavy atom. The molecule has 33 heavy (non-hydrogen) atoms. The first-order chi connectivity index (χ1) is 15.8. The Bertz CT molecular complexity index is 1470. The van der Waals surface area contributed by atoms with Crippen molar-refractivity contribution in [3.63, 3.8) is 0 Å². The minimum atomic E-state index is -0.968. The summed E-state index contributed by atoms with van der Waals surface area (Å²) in [6.45, 7) is 1.84. The highest BCUT2D eigenvalue weighted by molar-refractivity contribution is 6.31. The van der Waals surface area contributed by atoms with Crippen LogP contribution in [0.1, 0.15) is 27.7 Å². The van der Waals surface area contributed by atoms with Crippen molar-refractivity contribution in [3.8, 4) is 0 Å². The molecule has 1 N–H and O–H groups in total. The number of furan rings is 1. The van der Waals surface area contributed by atoms with Crippen LogP contribution in [0.2, 0.25) is 5.02 Å². The van der Waals surface area contributed by atoms with Gasteiger partial charge in [0.25, 0.3) is 5.91 Å². The third-order valence-electron chi connectivity index (χ3n) is 5.72. The number of aryl methyl sites for hydroxylation is 1. The number of hydrogen-bond acceptors (Lipinski definition) is 4. The fourth-order valence-electron chi connectivity index (χ4n) is 4.18. The van der Waals surface area contributed by atoms with Crippen LogP contribution in [0.5, 0.6) is 0 Å². The third kappa shape index (κ3) is 3.49. The predicted molar refractivity (Wildman–Crippen MR) is 123 cm³/mol. The van der Waals surface area contributed by atoms with E-state index in [4.69, 9.17) is 16.0 Å². The van der Waals surface area contributed by atoms with Gasteiger partial charge in [0.05, 0.1) is 11.6 Å². The summed E-state index contributed by atoms with van der Waals surface area (Å²) in [5, 5.41) is 11.9. The number of Topliss-reactive ketones (excluding diaryl/α,β-unsaturated/α-hetero) is 1. The molecule has 1 amide bonds. The Morgan fingerprint density at radius 1 is 1.06 bits per heavy atom. The van der Waals surface area contributed by atoms with E-state index in [1.54, 1.807) is 36.4 Å². The van der Waals surface area contributed by atoms with Gasteiger partial charge >= 0.3 is 0 Å². The molecule has 7 heteroatoms. The summed E-state index contributed by atoms with van der Waals surface area (Å²) >= 11 is 6.04. The normalized spacial score (nSPS) is 16.2. The standard InChI is InChI=1S/C26H17ClFNO4/c1-14-5-2-3-8-19(14)23-22(24(30)21-12-15-11-16(27)9-10-20(15)33-21)25(31)26(32)29(23)18-7-4-6-17(28)13-18/h2-13,23,31H,1H3. The number of hydrogen-bond donors (Lipinski definition) is 1. The van der Waals surface area contributed by atoms with Crippen LogP contribution < -0.4 is 4.90 Å². The number of ketones is 1. The molecule has 1 unspecified atom stereocenters. The molecule has 0 spiro atoms. The Labute approximate surface area is 193 Å². The minimum Gasteiger partial charge on any atom is -0.503 e. The van der Waals surface area contributed by atoms with Gasteiger partial charge in [-0.2, -0.15) is 0 Å². The van der Waals surface area contributed by atoms with Crippen molar-refractivity contribution in [2.75, 3.05) is 4.90 Å². The summed E-state index contributed by atoms with van der Waals surface area (Å²) in [5.41, 5.74) is 1.96. The van der Waals surface area contributed by atoms with E-state index in [1.807, 2.05) is 19.1 Å². The number of aliphatic hydroxyl groups is 1. The second-order valence-electron chi connectivity index (χ2n) is 7.80. The highest BCUT2D eigenvalue weighted by Gasteiger charge is 2.45. The number of carbonyl (C=O) groups is 2. The van der Waals surface area contributed by atoms with Crippen LogP contribution in [0.15, 0.2) is 88.5 Å². The monoisotopic (exact) mass is 461 g/mol. The molecule has 2 heterocycles. The Morgan fingerprint density at radius 2 is 1.85 bits per heavy atom. The highest BCUT2D eigenvalue weighted by atomic mass is 35.5. The Hall–Kier alpha value is -3.90. The summed E-state index contributed by atoms with van der Waals surface area (Å²) in [5.74, 6) is -2.72. The van der Waals surface area contributed by atoms with Crippen molar-refractivity contribution in [1.82, 2.24) is 0 Å². The van der Waals surface area contributed by atoms with Crippen molar-refractivity contribution in [3.05, 3.63) is 112 Å². The van der Waals surface area contributed by atoms with Gasteiger partial charge in [-0.05, 0) is 60.5 Å². The number of nitrogens with zero attached hydrogens (tertiary/aromatic N) is 1. The summed E-state index contributed by atoms with van der Waals surface area (Å²) in [6.07, 6.45) is 0. The van der Waals surface area contributed by atoms with Crippen LogP contribution in [0.4, 0.5) is 10.1 Å². The number of carbonyl (C=O) groups excluding carboxylic acids is 2. The van der Waals surface area contributed by atoms with Gasteiger partial charge in [0.2, 0.25) is 5.78 Å². The lowest BCUT2D eigenvalue weighted by atomic mass is 9.92. The smallest absolute Gasteiger partial charge is 0.294 e. The molecule has 1 atom stereocenters. The quantitative estimate of drug-likeness (QED) is 0.361. The number of rotatable bonds is 4. The molecule has 1 aliphatic rings. The zero-order valence-electron chi connectivity index (χ0n) is 17.4. The Kier molecular flexibility index (Phi) is 5.02. The molecule has 3 aromatic carbocycles. The van der Waals surface area contributed by atoms with E-state index >= 15 is 0 Å². The zero-order valence-corrected chi connectivity index (χ0v) is 18.1. The number of halogens is 2. The third-order valence-corrected chi connectivity index (χ3v) is 5.96. The zero-order chi connectivity index (χ0) is 23.3. The molecule has 5 rings (SSSR count).